The predicted octanol–water partition coefficient (Wildman–Crippen LogP) is 10.1. The molecule has 0 saturated heterocycles. The molecule has 0 spiro atoms. The van der Waals surface area contributed by atoms with E-state index in [1.165, 1.54) is 69.0 Å². The molecule has 0 saturated carbocycles. The molecular weight excluding hydrogens is 471 g/mol. The normalized spacial score (nSPS) is 19.8. The molecule has 4 aromatic carbocycles. The molecular formula is C30H34BrP. The van der Waals surface area contributed by atoms with Crippen molar-refractivity contribution in [2.24, 2.45) is 0 Å². The zero-order valence-electron chi connectivity index (χ0n) is 19.7. The molecule has 0 nitrogen and oxygen atoms in total. The van der Waals surface area contributed by atoms with Crippen LogP contribution in [0, 0.1) is 0 Å². The minimum absolute atomic E-state index is 0.674. The molecule has 1 aliphatic rings. The van der Waals surface area contributed by atoms with Crippen molar-refractivity contribution in [2.75, 3.05) is 0 Å². The van der Waals surface area contributed by atoms with Crippen molar-refractivity contribution in [3.05, 3.63) is 83.9 Å². The van der Waals surface area contributed by atoms with E-state index in [1.807, 2.05) is 0 Å². The zero-order valence-corrected chi connectivity index (χ0v) is 22.2. The minimum atomic E-state index is -2.31. The Kier molecular flexibility index (Phi) is 5.51. The molecule has 0 N–H and O–H groups in total. The summed E-state index contributed by atoms with van der Waals surface area (Å²) >= 11 is 4.70. The average Bonchev–Trinajstić information content (AvgIpc) is 2.96. The van der Waals surface area contributed by atoms with Crippen molar-refractivity contribution in [3.8, 4) is 11.1 Å². The van der Waals surface area contributed by atoms with Crippen LogP contribution in [0.3, 0.4) is 0 Å². The molecule has 166 valence electrons. The Balaban J connectivity index is 1.97. The van der Waals surface area contributed by atoms with Crippen molar-refractivity contribution >= 4 is 42.3 Å². The molecule has 0 radical (unpaired) electrons. The van der Waals surface area contributed by atoms with Crippen molar-refractivity contribution < 1.29 is 0 Å². The Hall–Kier alpha value is -1.69. The summed E-state index contributed by atoms with van der Waals surface area (Å²) in [5.74, 6) is 0. The van der Waals surface area contributed by atoms with Gasteiger partial charge < -0.3 is 0 Å². The van der Waals surface area contributed by atoms with Crippen LogP contribution >= 0.6 is 20.8 Å². The zero-order chi connectivity index (χ0) is 22.5. The summed E-state index contributed by atoms with van der Waals surface area (Å²) in [6.45, 7) is 9.81. The first-order valence-electron chi connectivity index (χ1n) is 12.1. The van der Waals surface area contributed by atoms with Crippen LogP contribution in [-0.4, -0.2) is 11.3 Å². The Morgan fingerprint density at radius 1 is 0.656 bits per heavy atom. The van der Waals surface area contributed by atoms with Crippen molar-refractivity contribution in [1.29, 1.82) is 0 Å². The number of halogens is 1. The second kappa shape index (κ2) is 7.96. The number of hydrogen-bond donors (Lipinski definition) is 0. The summed E-state index contributed by atoms with van der Waals surface area (Å²) in [6.07, 6.45) is 4.80. The Labute approximate surface area is 201 Å². The molecule has 2 atom stereocenters. The van der Waals surface area contributed by atoms with Crippen LogP contribution in [0.2, 0.25) is 0 Å². The van der Waals surface area contributed by atoms with Gasteiger partial charge in [0.25, 0.3) is 0 Å². The van der Waals surface area contributed by atoms with Gasteiger partial charge in [-0.2, -0.15) is 0 Å². The maximum absolute atomic E-state index is 4.70. The maximum atomic E-state index is 4.70. The molecule has 4 aromatic rings. The molecule has 1 aliphatic heterocycles. The fourth-order valence-corrected chi connectivity index (χ4v) is 15.6. The van der Waals surface area contributed by atoms with Gasteiger partial charge in [-0.1, -0.05) is 0 Å². The van der Waals surface area contributed by atoms with Gasteiger partial charge in [0.05, 0.1) is 0 Å². The van der Waals surface area contributed by atoms with Gasteiger partial charge in [0.1, 0.15) is 0 Å². The molecule has 0 aliphatic carbocycles. The number of hydrogen-bond acceptors (Lipinski definition) is 0. The van der Waals surface area contributed by atoms with Crippen LogP contribution in [0.15, 0.2) is 72.8 Å². The van der Waals surface area contributed by atoms with E-state index < -0.39 is 5.31 Å². The standard InChI is InChI=1S/C30H34BrP/c1-5-21(3)32(31,22(4)6-2)19-25-17-15-23-11-7-9-13-27(23)29(25)30-26(20-32)18-16-24-12-8-10-14-28(24)30/h7-18,21-22H,5-6,19-20H2,1-4H3/t21-,22+. The van der Waals surface area contributed by atoms with Crippen LogP contribution in [0.5, 0.6) is 0 Å². The van der Waals surface area contributed by atoms with E-state index in [1.54, 1.807) is 0 Å². The summed E-state index contributed by atoms with van der Waals surface area (Å²) in [6, 6.07) is 27.5. The van der Waals surface area contributed by atoms with E-state index in [-0.39, 0.29) is 0 Å². The molecule has 0 fully saturated rings. The first-order chi connectivity index (χ1) is 15.4. The van der Waals surface area contributed by atoms with Gasteiger partial charge in [-0.25, -0.2) is 0 Å². The van der Waals surface area contributed by atoms with Crippen LogP contribution in [0.1, 0.15) is 51.7 Å². The topological polar surface area (TPSA) is 0 Å². The van der Waals surface area contributed by atoms with E-state index in [0.717, 1.165) is 0 Å². The molecule has 0 bridgehead atoms. The second-order valence-electron chi connectivity index (χ2n) is 10.0. The Morgan fingerprint density at radius 3 is 1.47 bits per heavy atom. The molecule has 5 rings (SSSR count). The predicted molar refractivity (Wildman–Crippen MR) is 150 cm³/mol. The van der Waals surface area contributed by atoms with Crippen LogP contribution in [0.4, 0.5) is 0 Å². The van der Waals surface area contributed by atoms with E-state index in [9.17, 15) is 0 Å². The van der Waals surface area contributed by atoms with E-state index in [4.69, 9.17) is 15.5 Å². The summed E-state index contributed by atoms with van der Waals surface area (Å²) in [5, 5.41) is 3.17. The van der Waals surface area contributed by atoms with Crippen molar-refractivity contribution in [1.82, 2.24) is 0 Å². The van der Waals surface area contributed by atoms with Gasteiger partial charge in [-0.15, -0.1) is 0 Å². The van der Waals surface area contributed by atoms with Crippen molar-refractivity contribution in [2.45, 2.75) is 64.2 Å². The van der Waals surface area contributed by atoms with Gasteiger partial charge >= 0.3 is 202 Å². The molecule has 32 heavy (non-hydrogen) atoms. The van der Waals surface area contributed by atoms with Gasteiger partial charge in [0.2, 0.25) is 0 Å². The molecule has 1 heterocycles. The van der Waals surface area contributed by atoms with E-state index in [0.29, 0.717) is 11.3 Å². The van der Waals surface area contributed by atoms with E-state index in [2.05, 4.69) is 100 Å². The summed E-state index contributed by atoms with van der Waals surface area (Å²) in [7, 11) is 0. The van der Waals surface area contributed by atoms with Crippen LogP contribution in [-0.2, 0) is 12.3 Å². The fourth-order valence-electron chi connectivity index (χ4n) is 6.23. The van der Waals surface area contributed by atoms with Gasteiger partial charge in [-0.05, 0) is 0 Å². The SMILES string of the molecule is CC[C@@H](C)P1(Br)([C@@H](C)CC)Cc2ccc3ccccc3c2-c2c(ccc3ccccc23)C1. The molecule has 2 heteroatoms. The monoisotopic (exact) mass is 504 g/mol. The van der Waals surface area contributed by atoms with Crippen molar-refractivity contribution in [3.63, 3.8) is 0 Å². The quantitative estimate of drug-likeness (QED) is 0.242. The van der Waals surface area contributed by atoms with Gasteiger partial charge in [-0.3, -0.25) is 0 Å². The number of rotatable bonds is 4. The first-order valence-corrected chi connectivity index (χ1v) is 16.9. The third-order valence-corrected chi connectivity index (χ3v) is 21.3. The first kappa shape index (κ1) is 22.1. The van der Waals surface area contributed by atoms with Crippen LogP contribution in [0.25, 0.3) is 32.7 Å². The summed E-state index contributed by atoms with van der Waals surface area (Å²) in [4.78, 5) is 0. The summed E-state index contributed by atoms with van der Waals surface area (Å²) in [5.41, 5.74) is 7.38. The number of fused-ring (bicyclic) bond motifs is 7. The second-order valence-corrected chi connectivity index (χ2v) is 20.9. The number of benzene rings is 4. The fraction of sp³-hybridized carbons (Fsp3) is 0.333. The van der Waals surface area contributed by atoms with Gasteiger partial charge in [0, 0.05) is 0 Å². The van der Waals surface area contributed by atoms with Gasteiger partial charge in [0.15, 0.2) is 0 Å². The third kappa shape index (κ3) is 3.12. The van der Waals surface area contributed by atoms with E-state index >= 15 is 0 Å². The molecule has 0 aromatic heterocycles. The third-order valence-electron chi connectivity index (χ3n) is 8.60. The Morgan fingerprint density at radius 2 is 1.06 bits per heavy atom. The van der Waals surface area contributed by atoms with Crippen LogP contribution < -0.4 is 0 Å². The molecule has 0 amide bonds. The summed E-state index contributed by atoms with van der Waals surface area (Å²) < 4.78 is 0. The Bertz CT molecular complexity index is 1220. The average molecular weight is 505 g/mol. The molecule has 0 unspecified atom stereocenters.